The van der Waals surface area contributed by atoms with E-state index in [9.17, 15) is 18.0 Å². The van der Waals surface area contributed by atoms with Gasteiger partial charge in [0.1, 0.15) is 0 Å². The van der Waals surface area contributed by atoms with Crippen LogP contribution >= 0.6 is 11.8 Å². The highest BCUT2D eigenvalue weighted by atomic mass is 32.2. The first kappa shape index (κ1) is 16.2. The number of alkyl halides is 3. The molecule has 2 heterocycles. The van der Waals surface area contributed by atoms with E-state index in [1.165, 1.54) is 0 Å². The quantitative estimate of drug-likeness (QED) is 0.551. The smallest absolute Gasteiger partial charge is 0.301 e. The van der Waals surface area contributed by atoms with Crippen LogP contribution < -0.4 is 5.56 Å². The lowest BCUT2D eigenvalue weighted by Crippen LogP contribution is -2.16. The van der Waals surface area contributed by atoms with E-state index in [0.717, 1.165) is 22.9 Å². The molecule has 3 rings (SSSR count). The number of thioether (sulfide) groups is 1. The van der Waals surface area contributed by atoms with Gasteiger partial charge in [0.05, 0.1) is 0 Å². The van der Waals surface area contributed by atoms with E-state index >= 15 is 0 Å². The van der Waals surface area contributed by atoms with Gasteiger partial charge in [-0.15, -0.1) is 5.10 Å². The number of nitrogens with one attached hydrogen (secondary N) is 2. The van der Waals surface area contributed by atoms with Crippen molar-refractivity contribution in [3.63, 3.8) is 0 Å². The van der Waals surface area contributed by atoms with E-state index in [0.29, 0.717) is 17.6 Å². The first-order valence-electron chi connectivity index (χ1n) is 6.56. The zero-order chi connectivity index (χ0) is 17.2. The van der Waals surface area contributed by atoms with Crippen molar-refractivity contribution in [1.82, 2.24) is 30.6 Å². The Labute approximate surface area is 136 Å². The minimum absolute atomic E-state index is 0.0958. The molecule has 0 aliphatic rings. The van der Waals surface area contributed by atoms with Gasteiger partial charge in [0.2, 0.25) is 0 Å². The zero-order valence-corrected chi connectivity index (χ0v) is 12.6. The minimum Gasteiger partial charge on any atom is -0.301 e. The van der Waals surface area contributed by atoms with E-state index in [1.54, 1.807) is 24.3 Å². The summed E-state index contributed by atoms with van der Waals surface area (Å²) in [5.74, 6) is 0.798. The average Bonchev–Trinajstić information content (AvgIpc) is 3.06. The molecule has 0 bridgehead atoms. The van der Waals surface area contributed by atoms with Gasteiger partial charge >= 0.3 is 6.18 Å². The first-order chi connectivity index (χ1) is 11.4. The maximum atomic E-state index is 12.7. The summed E-state index contributed by atoms with van der Waals surface area (Å²) in [6.07, 6.45) is -4.66. The summed E-state index contributed by atoms with van der Waals surface area (Å²) < 4.78 is 38.0. The van der Waals surface area contributed by atoms with Gasteiger partial charge in [-0.3, -0.25) is 4.79 Å². The molecule has 0 aliphatic heterocycles. The summed E-state index contributed by atoms with van der Waals surface area (Å²) in [6, 6.07) is 7.59. The Hall–Kier alpha value is -2.69. The van der Waals surface area contributed by atoms with E-state index in [1.807, 2.05) is 0 Å². The molecule has 0 saturated carbocycles. The van der Waals surface area contributed by atoms with Crippen LogP contribution in [0.1, 0.15) is 11.3 Å². The van der Waals surface area contributed by atoms with Crippen LogP contribution in [0.25, 0.3) is 11.4 Å². The molecule has 3 aromatic rings. The molecule has 1 aromatic carbocycles. The Kier molecular flexibility index (Phi) is 4.34. The molecule has 2 N–H and O–H groups in total. The number of H-pyrrole nitrogens is 2. The molecule has 0 atom stereocenters. The second-order valence-electron chi connectivity index (χ2n) is 4.67. The first-order valence-corrected chi connectivity index (χ1v) is 7.55. The predicted molar refractivity (Wildman–Crippen MR) is 79.0 cm³/mol. The molecule has 124 valence electrons. The third-order valence-corrected chi connectivity index (χ3v) is 3.88. The van der Waals surface area contributed by atoms with Crippen molar-refractivity contribution >= 4 is 11.8 Å². The number of hydrogen-bond donors (Lipinski definition) is 2. The lowest BCUT2D eigenvalue weighted by Gasteiger charge is -2.07. The van der Waals surface area contributed by atoms with Crippen LogP contribution in [0.15, 0.2) is 40.3 Å². The van der Waals surface area contributed by atoms with Crippen molar-refractivity contribution in [2.24, 2.45) is 0 Å². The molecule has 0 fully saturated rings. The summed E-state index contributed by atoms with van der Waals surface area (Å²) >= 11 is 0.995. The van der Waals surface area contributed by atoms with E-state index in [-0.39, 0.29) is 5.16 Å². The van der Waals surface area contributed by atoms with Crippen LogP contribution in [0, 0.1) is 0 Å². The van der Waals surface area contributed by atoms with Gasteiger partial charge in [-0.1, -0.05) is 30.0 Å². The molecule has 24 heavy (non-hydrogen) atoms. The number of hydrogen-bond acceptors (Lipinski definition) is 6. The molecular weight excluding hydrogens is 345 g/mol. The summed E-state index contributed by atoms with van der Waals surface area (Å²) in [6.45, 7) is 0. The highest BCUT2D eigenvalue weighted by molar-refractivity contribution is 7.98. The third-order valence-electron chi connectivity index (χ3n) is 2.93. The largest absolute Gasteiger partial charge is 0.433 e. The summed E-state index contributed by atoms with van der Waals surface area (Å²) in [5.41, 5.74) is -0.505. The average molecular weight is 354 g/mol. The van der Waals surface area contributed by atoms with E-state index in [4.69, 9.17) is 0 Å². The van der Waals surface area contributed by atoms with Gasteiger partial charge in [0.25, 0.3) is 5.56 Å². The van der Waals surface area contributed by atoms with Gasteiger partial charge in [-0.25, -0.2) is 10.1 Å². The Morgan fingerprint density at radius 2 is 2.04 bits per heavy atom. The van der Waals surface area contributed by atoms with Crippen molar-refractivity contribution in [2.75, 3.05) is 0 Å². The van der Waals surface area contributed by atoms with Crippen LogP contribution in [-0.4, -0.2) is 30.6 Å². The molecule has 11 heteroatoms. The number of aromatic nitrogens is 6. The van der Waals surface area contributed by atoms with Crippen LogP contribution in [-0.2, 0) is 11.9 Å². The Bertz CT molecular complexity index is 893. The highest BCUT2D eigenvalue weighted by Gasteiger charge is 2.33. The molecule has 0 aliphatic carbocycles. The maximum Gasteiger partial charge on any atom is 0.433 e. The highest BCUT2D eigenvalue weighted by Crippen LogP contribution is 2.28. The van der Waals surface area contributed by atoms with Crippen molar-refractivity contribution in [3.8, 4) is 11.4 Å². The van der Waals surface area contributed by atoms with Crippen molar-refractivity contribution in [3.05, 3.63) is 51.9 Å². The minimum atomic E-state index is -4.66. The second-order valence-corrected chi connectivity index (χ2v) is 5.64. The van der Waals surface area contributed by atoms with E-state index in [2.05, 4.69) is 30.6 Å². The molecule has 0 saturated heterocycles. The van der Waals surface area contributed by atoms with Crippen LogP contribution in [0.3, 0.4) is 0 Å². The van der Waals surface area contributed by atoms with Crippen LogP contribution in [0.2, 0.25) is 0 Å². The molecule has 7 nitrogen and oxygen atoms in total. The molecule has 0 amide bonds. The molecular formula is C13H9F3N6OS. The third kappa shape index (κ3) is 3.79. The number of nitrogens with zero attached hydrogens (tertiary/aromatic N) is 4. The van der Waals surface area contributed by atoms with Gasteiger partial charge < -0.3 is 4.98 Å². The SMILES string of the molecule is O=c1cc(C(F)(F)F)nc(SCc2cccc(-c3nnn[nH]3)c2)[nH]1. The number of aromatic amines is 2. The maximum absolute atomic E-state index is 12.7. The zero-order valence-electron chi connectivity index (χ0n) is 11.8. The van der Waals surface area contributed by atoms with Gasteiger partial charge in [-0.2, -0.15) is 13.2 Å². The molecule has 0 radical (unpaired) electrons. The lowest BCUT2D eigenvalue weighted by molar-refractivity contribution is -0.141. The fourth-order valence-corrected chi connectivity index (χ4v) is 2.71. The van der Waals surface area contributed by atoms with Crippen molar-refractivity contribution < 1.29 is 13.2 Å². The second kappa shape index (κ2) is 6.43. The van der Waals surface area contributed by atoms with Gasteiger partial charge in [-0.05, 0) is 22.1 Å². The summed E-state index contributed by atoms with van der Waals surface area (Å²) in [7, 11) is 0. The van der Waals surface area contributed by atoms with E-state index < -0.39 is 17.4 Å². The Morgan fingerprint density at radius 3 is 2.75 bits per heavy atom. The standard InChI is InChI=1S/C13H9F3N6OS/c14-13(15,16)9-5-10(23)18-12(17-9)24-6-7-2-1-3-8(4-7)11-19-21-22-20-11/h1-5H,6H2,(H,17,18,23)(H,19,20,21,22). The van der Waals surface area contributed by atoms with Crippen molar-refractivity contribution in [2.45, 2.75) is 17.1 Å². The number of halogens is 3. The number of tetrazole rings is 1. The summed E-state index contributed by atoms with van der Waals surface area (Å²) in [5, 5.41) is 13.3. The van der Waals surface area contributed by atoms with Crippen molar-refractivity contribution in [1.29, 1.82) is 0 Å². The van der Waals surface area contributed by atoms with Gasteiger partial charge in [0.15, 0.2) is 16.7 Å². The Balaban J connectivity index is 1.78. The molecule has 2 aromatic heterocycles. The fourth-order valence-electron chi connectivity index (χ4n) is 1.89. The predicted octanol–water partition coefficient (Wildman–Crippen LogP) is 2.26. The molecule has 0 unspecified atom stereocenters. The lowest BCUT2D eigenvalue weighted by atomic mass is 10.1. The fraction of sp³-hybridized carbons (Fsp3) is 0.154. The normalized spacial score (nSPS) is 11.6. The van der Waals surface area contributed by atoms with Gasteiger partial charge in [0, 0.05) is 17.4 Å². The number of rotatable bonds is 4. The monoisotopic (exact) mass is 354 g/mol. The Morgan fingerprint density at radius 1 is 1.21 bits per heavy atom. The number of benzene rings is 1. The summed E-state index contributed by atoms with van der Waals surface area (Å²) in [4.78, 5) is 17.1. The topological polar surface area (TPSA) is 100 Å². The van der Waals surface area contributed by atoms with Crippen LogP contribution in [0.4, 0.5) is 13.2 Å². The van der Waals surface area contributed by atoms with Crippen LogP contribution in [0.5, 0.6) is 0 Å². The molecule has 0 spiro atoms.